The zero-order chi connectivity index (χ0) is 15.6. The number of piperidine rings is 1. The second-order valence-corrected chi connectivity index (χ2v) is 7.35. The van der Waals surface area contributed by atoms with Gasteiger partial charge in [-0.25, -0.2) is 4.98 Å². The first-order valence-electron chi connectivity index (χ1n) is 8.67. The third-order valence-electron chi connectivity index (χ3n) is 5.63. The summed E-state index contributed by atoms with van der Waals surface area (Å²) < 4.78 is 2.14. The molecule has 2 aliphatic heterocycles. The highest BCUT2D eigenvalue weighted by atomic mass is 15.3. The van der Waals surface area contributed by atoms with Crippen molar-refractivity contribution in [1.29, 1.82) is 0 Å². The predicted octanol–water partition coefficient (Wildman–Crippen LogP) is 1.41. The summed E-state index contributed by atoms with van der Waals surface area (Å²) in [7, 11) is 6.45. The predicted molar refractivity (Wildman–Crippen MR) is 89.8 cm³/mol. The van der Waals surface area contributed by atoms with Crippen LogP contribution in [0.1, 0.15) is 31.5 Å². The summed E-state index contributed by atoms with van der Waals surface area (Å²) in [4.78, 5) is 12.1. The van der Waals surface area contributed by atoms with Crippen LogP contribution in [0.2, 0.25) is 0 Å². The topological polar surface area (TPSA) is 27.5 Å². The van der Waals surface area contributed by atoms with E-state index in [4.69, 9.17) is 0 Å². The molecule has 0 N–H and O–H groups in total. The molecule has 1 spiro atoms. The van der Waals surface area contributed by atoms with E-state index in [-0.39, 0.29) is 0 Å². The first-order chi connectivity index (χ1) is 10.6. The molecule has 0 aromatic carbocycles. The summed E-state index contributed by atoms with van der Waals surface area (Å²) in [6.07, 6.45) is 9.38. The van der Waals surface area contributed by atoms with Gasteiger partial charge < -0.3 is 9.47 Å². The summed E-state index contributed by atoms with van der Waals surface area (Å²) >= 11 is 0. The maximum atomic E-state index is 4.47. The van der Waals surface area contributed by atoms with E-state index in [0.717, 1.165) is 6.54 Å². The lowest BCUT2D eigenvalue weighted by atomic mass is 9.85. The Labute approximate surface area is 134 Å². The monoisotopic (exact) mass is 305 g/mol. The van der Waals surface area contributed by atoms with Gasteiger partial charge in [0.05, 0.1) is 6.54 Å². The SMILES string of the molecule is CN(C)CCN1CCCC12CCN(Cc1nccn1C)CC2. The summed E-state index contributed by atoms with van der Waals surface area (Å²) in [6, 6.07) is 0. The molecular weight excluding hydrogens is 274 g/mol. The molecule has 124 valence electrons. The number of hydrogen-bond donors (Lipinski definition) is 0. The Morgan fingerprint density at radius 1 is 1.18 bits per heavy atom. The molecule has 0 saturated carbocycles. The fraction of sp³-hybridized carbons (Fsp3) is 0.824. The molecule has 0 unspecified atom stereocenters. The minimum absolute atomic E-state index is 0.494. The quantitative estimate of drug-likeness (QED) is 0.822. The molecule has 5 nitrogen and oxygen atoms in total. The average Bonchev–Trinajstić information content (AvgIpc) is 3.07. The third kappa shape index (κ3) is 3.36. The van der Waals surface area contributed by atoms with Crippen LogP contribution in [0.4, 0.5) is 0 Å². The Balaban J connectivity index is 1.54. The van der Waals surface area contributed by atoms with E-state index in [2.05, 4.69) is 45.4 Å². The Morgan fingerprint density at radius 2 is 1.95 bits per heavy atom. The van der Waals surface area contributed by atoms with E-state index in [1.54, 1.807) is 0 Å². The summed E-state index contributed by atoms with van der Waals surface area (Å²) in [5.74, 6) is 1.19. The number of hydrogen-bond acceptors (Lipinski definition) is 4. The van der Waals surface area contributed by atoms with Gasteiger partial charge in [0.2, 0.25) is 0 Å². The maximum absolute atomic E-state index is 4.47. The van der Waals surface area contributed by atoms with Crippen LogP contribution >= 0.6 is 0 Å². The lowest BCUT2D eigenvalue weighted by molar-refractivity contribution is 0.0452. The molecule has 2 fully saturated rings. The van der Waals surface area contributed by atoms with Gasteiger partial charge in [0.15, 0.2) is 0 Å². The molecule has 2 aliphatic rings. The van der Waals surface area contributed by atoms with Crippen LogP contribution < -0.4 is 0 Å². The highest BCUT2D eigenvalue weighted by Gasteiger charge is 2.42. The Hall–Kier alpha value is -0.910. The van der Waals surface area contributed by atoms with Gasteiger partial charge in [-0.3, -0.25) is 9.80 Å². The average molecular weight is 305 g/mol. The van der Waals surface area contributed by atoms with Crippen molar-refractivity contribution in [2.75, 3.05) is 46.8 Å². The van der Waals surface area contributed by atoms with Crippen LogP contribution in [0.15, 0.2) is 12.4 Å². The van der Waals surface area contributed by atoms with Crippen molar-refractivity contribution < 1.29 is 0 Å². The summed E-state index contributed by atoms with van der Waals surface area (Å²) in [5, 5.41) is 0. The van der Waals surface area contributed by atoms with Gasteiger partial charge in [-0.2, -0.15) is 0 Å². The van der Waals surface area contributed by atoms with Crippen molar-refractivity contribution in [3.8, 4) is 0 Å². The second kappa shape index (κ2) is 6.69. The van der Waals surface area contributed by atoms with Crippen LogP contribution in [0.3, 0.4) is 0 Å². The molecule has 22 heavy (non-hydrogen) atoms. The van der Waals surface area contributed by atoms with Gasteiger partial charge in [-0.05, 0) is 46.3 Å². The number of imidazole rings is 1. The maximum Gasteiger partial charge on any atom is 0.122 e. The fourth-order valence-corrected chi connectivity index (χ4v) is 4.11. The van der Waals surface area contributed by atoms with Crippen LogP contribution in [-0.4, -0.2) is 76.6 Å². The van der Waals surface area contributed by atoms with E-state index in [0.29, 0.717) is 5.54 Å². The first kappa shape index (κ1) is 16.0. The fourth-order valence-electron chi connectivity index (χ4n) is 4.11. The zero-order valence-corrected chi connectivity index (χ0v) is 14.5. The molecule has 1 aromatic rings. The van der Waals surface area contributed by atoms with Crippen LogP contribution in [0, 0.1) is 0 Å². The number of nitrogens with zero attached hydrogens (tertiary/aromatic N) is 5. The standard InChI is InChI=1S/C17H31N5/c1-19(2)13-14-22-9-4-5-17(22)6-10-21(11-7-17)15-16-18-8-12-20(16)3/h8,12H,4-7,9-11,13-15H2,1-3H3. The normalized spacial score (nSPS) is 22.9. The largest absolute Gasteiger partial charge is 0.337 e. The molecule has 0 aliphatic carbocycles. The number of likely N-dealkylation sites (tertiary alicyclic amines) is 2. The smallest absolute Gasteiger partial charge is 0.122 e. The second-order valence-electron chi connectivity index (χ2n) is 7.35. The van der Waals surface area contributed by atoms with E-state index in [9.17, 15) is 0 Å². The van der Waals surface area contributed by atoms with Gasteiger partial charge in [0, 0.05) is 51.2 Å². The lowest BCUT2D eigenvalue weighted by Crippen LogP contribution is -2.53. The van der Waals surface area contributed by atoms with E-state index in [1.165, 1.54) is 64.2 Å². The van der Waals surface area contributed by atoms with Gasteiger partial charge in [-0.15, -0.1) is 0 Å². The minimum atomic E-state index is 0.494. The van der Waals surface area contributed by atoms with Crippen LogP contribution in [0.25, 0.3) is 0 Å². The molecular formula is C17H31N5. The molecule has 0 radical (unpaired) electrons. The number of aromatic nitrogens is 2. The summed E-state index contributed by atoms with van der Waals surface area (Å²) in [5.41, 5.74) is 0.494. The van der Waals surface area contributed by atoms with E-state index < -0.39 is 0 Å². The Kier molecular flexibility index (Phi) is 4.85. The lowest BCUT2D eigenvalue weighted by Gasteiger charge is -2.45. The third-order valence-corrected chi connectivity index (χ3v) is 5.63. The molecule has 0 bridgehead atoms. The number of rotatable bonds is 5. The van der Waals surface area contributed by atoms with Crippen molar-refractivity contribution in [3.05, 3.63) is 18.2 Å². The highest BCUT2D eigenvalue weighted by molar-refractivity contribution is 5.00. The molecule has 0 atom stereocenters. The highest BCUT2D eigenvalue weighted by Crippen LogP contribution is 2.38. The van der Waals surface area contributed by atoms with Gasteiger partial charge in [0.25, 0.3) is 0 Å². The molecule has 2 saturated heterocycles. The van der Waals surface area contributed by atoms with Crippen LogP contribution in [0.5, 0.6) is 0 Å². The molecule has 0 amide bonds. The van der Waals surface area contributed by atoms with Crippen molar-refractivity contribution in [1.82, 2.24) is 24.3 Å². The number of likely N-dealkylation sites (N-methyl/N-ethyl adjacent to an activating group) is 1. The zero-order valence-electron chi connectivity index (χ0n) is 14.5. The molecule has 5 heteroatoms. The van der Waals surface area contributed by atoms with Crippen molar-refractivity contribution in [3.63, 3.8) is 0 Å². The molecule has 1 aromatic heterocycles. The number of aryl methyl sites for hydroxylation is 1. The first-order valence-corrected chi connectivity index (χ1v) is 8.67. The summed E-state index contributed by atoms with van der Waals surface area (Å²) in [6.45, 7) is 7.13. The minimum Gasteiger partial charge on any atom is -0.337 e. The van der Waals surface area contributed by atoms with Gasteiger partial charge in [-0.1, -0.05) is 0 Å². The Morgan fingerprint density at radius 3 is 2.59 bits per heavy atom. The van der Waals surface area contributed by atoms with Crippen molar-refractivity contribution >= 4 is 0 Å². The van der Waals surface area contributed by atoms with Crippen molar-refractivity contribution in [2.24, 2.45) is 7.05 Å². The molecule has 3 heterocycles. The van der Waals surface area contributed by atoms with Gasteiger partial charge >= 0.3 is 0 Å². The van der Waals surface area contributed by atoms with Crippen LogP contribution in [-0.2, 0) is 13.6 Å². The van der Waals surface area contributed by atoms with Crippen molar-refractivity contribution in [2.45, 2.75) is 37.8 Å². The van der Waals surface area contributed by atoms with E-state index in [1.807, 2.05) is 12.4 Å². The molecule has 3 rings (SSSR count). The Bertz CT molecular complexity index is 473. The van der Waals surface area contributed by atoms with Gasteiger partial charge in [0.1, 0.15) is 5.82 Å². The van der Waals surface area contributed by atoms with E-state index >= 15 is 0 Å².